The van der Waals surface area contributed by atoms with Gasteiger partial charge in [-0.05, 0) is 55.5 Å². The van der Waals surface area contributed by atoms with Crippen molar-refractivity contribution < 1.29 is 27.5 Å². The lowest BCUT2D eigenvalue weighted by Crippen LogP contribution is -2.21. The minimum Gasteiger partial charge on any atom is -0.406 e. The van der Waals surface area contributed by atoms with Crippen molar-refractivity contribution in [1.82, 2.24) is 0 Å². The molecule has 0 radical (unpaired) electrons. The van der Waals surface area contributed by atoms with E-state index in [4.69, 9.17) is 0 Å². The summed E-state index contributed by atoms with van der Waals surface area (Å²) < 4.78 is 39.9. The van der Waals surface area contributed by atoms with Gasteiger partial charge in [-0.1, -0.05) is 0 Å². The number of hydrogen-bond acceptors (Lipinski definition) is 4. The lowest BCUT2D eigenvalue weighted by Gasteiger charge is -2.10. The Hall–Kier alpha value is -3.03. The lowest BCUT2D eigenvalue weighted by atomic mass is 10.1. The van der Waals surface area contributed by atoms with Crippen LogP contribution in [0.2, 0.25) is 0 Å². The molecule has 1 amide bonds. The highest BCUT2D eigenvalue weighted by Crippen LogP contribution is 2.23. The molecule has 2 aromatic rings. The summed E-state index contributed by atoms with van der Waals surface area (Å²) in [5, 5.41) is 5.42. The summed E-state index contributed by atoms with van der Waals surface area (Å²) in [6, 6.07) is 11.5. The second-order valence-corrected chi connectivity index (χ2v) is 5.11. The van der Waals surface area contributed by atoms with Crippen molar-refractivity contribution in [3.63, 3.8) is 0 Å². The Labute approximate surface area is 141 Å². The van der Waals surface area contributed by atoms with Gasteiger partial charge >= 0.3 is 6.36 Å². The quantitative estimate of drug-likeness (QED) is 0.775. The molecule has 132 valence electrons. The highest BCUT2D eigenvalue weighted by atomic mass is 19.4. The number of anilines is 2. The summed E-state index contributed by atoms with van der Waals surface area (Å²) in [4.78, 5) is 23.0. The molecule has 0 aliphatic rings. The summed E-state index contributed by atoms with van der Waals surface area (Å²) >= 11 is 0. The van der Waals surface area contributed by atoms with Gasteiger partial charge in [-0.2, -0.15) is 0 Å². The summed E-state index contributed by atoms with van der Waals surface area (Å²) in [5.41, 5.74) is 1.57. The molecule has 0 heterocycles. The molecule has 0 aliphatic heterocycles. The molecular formula is C17H15F3N2O3. The van der Waals surface area contributed by atoms with Crippen molar-refractivity contribution in [2.75, 3.05) is 17.2 Å². The van der Waals surface area contributed by atoms with Gasteiger partial charge in [0.25, 0.3) is 0 Å². The number of nitrogens with one attached hydrogen (secondary N) is 2. The maximum Gasteiger partial charge on any atom is 0.573 e. The fraction of sp³-hybridized carbons (Fsp3) is 0.176. The number of ether oxygens (including phenoxy) is 1. The molecule has 0 atom stereocenters. The van der Waals surface area contributed by atoms with Crippen LogP contribution in [-0.2, 0) is 4.79 Å². The van der Waals surface area contributed by atoms with Crippen LogP contribution in [0, 0.1) is 0 Å². The molecule has 0 fully saturated rings. The maximum atomic E-state index is 12.1. The van der Waals surface area contributed by atoms with Crippen molar-refractivity contribution in [3.8, 4) is 5.75 Å². The van der Waals surface area contributed by atoms with Crippen LogP contribution in [0.1, 0.15) is 17.3 Å². The van der Waals surface area contributed by atoms with E-state index in [1.807, 2.05) is 0 Å². The number of benzene rings is 2. The van der Waals surface area contributed by atoms with Gasteiger partial charge in [0.2, 0.25) is 5.91 Å². The third kappa shape index (κ3) is 6.17. The second kappa shape index (κ2) is 7.69. The van der Waals surface area contributed by atoms with E-state index < -0.39 is 6.36 Å². The fourth-order valence-corrected chi connectivity index (χ4v) is 1.95. The first-order valence-electron chi connectivity index (χ1n) is 7.23. The third-order valence-electron chi connectivity index (χ3n) is 3.12. The normalized spacial score (nSPS) is 10.9. The SMILES string of the molecule is CC(=O)c1ccc(NCC(=O)Nc2ccc(OC(F)(F)F)cc2)cc1. The number of hydrogen-bond donors (Lipinski definition) is 2. The largest absolute Gasteiger partial charge is 0.573 e. The van der Waals surface area contributed by atoms with Gasteiger partial charge in [0.05, 0.1) is 6.54 Å². The smallest absolute Gasteiger partial charge is 0.406 e. The van der Waals surface area contributed by atoms with E-state index in [-0.39, 0.29) is 24.0 Å². The average molecular weight is 352 g/mol. The average Bonchev–Trinajstić information content (AvgIpc) is 2.54. The molecule has 5 nitrogen and oxygen atoms in total. The summed E-state index contributed by atoms with van der Waals surface area (Å²) in [7, 11) is 0. The van der Waals surface area contributed by atoms with Gasteiger partial charge in [0.1, 0.15) is 5.75 Å². The van der Waals surface area contributed by atoms with Crippen molar-refractivity contribution in [2.45, 2.75) is 13.3 Å². The standard InChI is InChI=1S/C17H15F3N2O3/c1-11(23)12-2-4-13(5-3-12)21-10-16(24)22-14-6-8-15(9-7-14)25-17(18,19)20/h2-9,21H,10H2,1H3,(H,22,24). The number of carbonyl (C=O) groups excluding carboxylic acids is 2. The minimum atomic E-state index is -4.76. The predicted octanol–water partition coefficient (Wildman–Crippen LogP) is 3.84. The van der Waals surface area contributed by atoms with Gasteiger partial charge in [0, 0.05) is 16.9 Å². The number of rotatable bonds is 6. The summed E-state index contributed by atoms with van der Waals surface area (Å²) in [6.07, 6.45) is -4.76. The number of carbonyl (C=O) groups is 2. The molecule has 0 aromatic heterocycles. The van der Waals surface area contributed by atoms with Crippen LogP contribution >= 0.6 is 0 Å². The zero-order valence-electron chi connectivity index (χ0n) is 13.2. The first kappa shape index (κ1) is 18.3. The topological polar surface area (TPSA) is 67.4 Å². The lowest BCUT2D eigenvalue weighted by molar-refractivity contribution is -0.274. The number of alkyl halides is 3. The molecule has 8 heteroatoms. The van der Waals surface area contributed by atoms with Gasteiger partial charge in [-0.15, -0.1) is 13.2 Å². The molecule has 2 N–H and O–H groups in total. The molecule has 0 saturated carbocycles. The zero-order chi connectivity index (χ0) is 18.4. The fourth-order valence-electron chi connectivity index (χ4n) is 1.95. The highest BCUT2D eigenvalue weighted by molar-refractivity contribution is 5.95. The van der Waals surface area contributed by atoms with Crippen LogP contribution in [0.25, 0.3) is 0 Å². The van der Waals surface area contributed by atoms with E-state index in [1.54, 1.807) is 24.3 Å². The molecule has 0 aliphatic carbocycles. The van der Waals surface area contributed by atoms with Crippen molar-refractivity contribution in [1.29, 1.82) is 0 Å². The van der Waals surface area contributed by atoms with Crippen LogP contribution < -0.4 is 15.4 Å². The first-order chi connectivity index (χ1) is 11.7. The first-order valence-corrected chi connectivity index (χ1v) is 7.23. The highest BCUT2D eigenvalue weighted by Gasteiger charge is 2.30. The maximum absolute atomic E-state index is 12.1. The van der Waals surface area contributed by atoms with Gasteiger partial charge < -0.3 is 15.4 Å². The Kier molecular flexibility index (Phi) is 5.63. The molecule has 2 rings (SSSR count). The van der Waals surface area contributed by atoms with Gasteiger partial charge in [0.15, 0.2) is 5.78 Å². The molecular weight excluding hydrogens is 337 g/mol. The summed E-state index contributed by atoms with van der Waals surface area (Å²) in [6.45, 7) is 1.42. The van der Waals surface area contributed by atoms with Crippen LogP contribution in [0.4, 0.5) is 24.5 Å². The van der Waals surface area contributed by atoms with Crippen LogP contribution in [0.3, 0.4) is 0 Å². The van der Waals surface area contributed by atoms with Crippen LogP contribution in [-0.4, -0.2) is 24.6 Å². The van der Waals surface area contributed by atoms with Crippen LogP contribution in [0.15, 0.2) is 48.5 Å². The van der Waals surface area contributed by atoms with E-state index in [1.165, 1.54) is 19.1 Å². The number of Topliss-reactive ketones (excluding diaryl/α,β-unsaturated/α-hetero) is 1. The van der Waals surface area contributed by atoms with E-state index >= 15 is 0 Å². The molecule has 2 aromatic carbocycles. The molecule has 0 bridgehead atoms. The van der Waals surface area contributed by atoms with E-state index in [0.717, 1.165) is 12.1 Å². The molecule has 25 heavy (non-hydrogen) atoms. The molecule has 0 saturated heterocycles. The molecule has 0 unspecified atom stereocenters. The third-order valence-corrected chi connectivity index (χ3v) is 3.12. The van der Waals surface area contributed by atoms with Crippen molar-refractivity contribution in [3.05, 3.63) is 54.1 Å². The molecule has 0 spiro atoms. The Morgan fingerprint density at radius 1 is 0.960 bits per heavy atom. The Bertz CT molecular complexity index is 741. The Balaban J connectivity index is 1.84. The van der Waals surface area contributed by atoms with E-state index in [9.17, 15) is 22.8 Å². The monoisotopic (exact) mass is 352 g/mol. The van der Waals surface area contributed by atoms with Crippen molar-refractivity contribution >= 4 is 23.1 Å². The number of halogens is 3. The minimum absolute atomic E-state index is 0.0414. The second-order valence-electron chi connectivity index (χ2n) is 5.11. The van der Waals surface area contributed by atoms with Gasteiger partial charge in [-0.3, -0.25) is 9.59 Å². The van der Waals surface area contributed by atoms with Crippen LogP contribution in [0.5, 0.6) is 5.75 Å². The van der Waals surface area contributed by atoms with Gasteiger partial charge in [-0.25, -0.2) is 0 Å². The zero-order valence-corrected chi connectivity index (χ0v) is 13.2. The van der Waals surface area contributed by atoms with Crippen molar-refractivity contribution in [2.24, 2.45) is 0 Å². The van der Waals surface area contributed by atoms with E-state index in [2.05, 4.69) is 15.4 Å². The predicted molar refractivity (Wildman–Crippen MR) is 86.7 cm³/mol. The number of ketones is 1. The van der Waals surface area contributed by atoms with E-state index in [0.29, 0.717) is 16.9 Å². The summed E-state index contributed by atoms with van der Waals surface area (Å²) in [5.74, 6) is -0.795. The Morgan fingerprint density at radius 3 is 2.04 bits per heavy atom. The number of amides is 1. The Morgan fingerprint density at radius 2 is 1.52 bits per heavy atom.